The molecular weight excluding hydrogens is 222 g/mol. The first kappa shape index (κ1) is 15.0. The number of hydrogen-bond donors (Lipinski definition) is 1. The molecule has 1 aromatic rings. The molecular formula is C16H27NO. The van der Waals surface area contributed by atoms with Crippen molar-refractivity contribution in [2.75, 3.05) is 19.7 Å². The van der Waals surface area contributed by atoms with Crippen LogP contribution >= 0.6 is 0 Å². The Labute approximate surface area is 112 Å². The molecule has 2 heteroatoms. The van der Waals surface area contributed by atoms with Crippen molar-refractivity contribution >= 4 is 0 Å². The van der Waals surface area contributed by atoms with Gasteiger partial charge in [0, 0.05) is 0 Å². The minimum absolute atomic E-state index is 0.213. The fourth-order valence-corrected chi connectivity index (χ4v) is 1.77. The van der Waals surface area contributed by atoms with E-state index in [1.54, 1.807) is 0 Å². The van der Waals surface area contributed by atoms with E-state index < -0.39 is 0 Å². The maximum atomic E-state index is 5.73. The highest BCUT2D eigenvalue weighted by molar-refractivity contribution is 5.31. The second-order valence-electron chi connectivity index (χ2n) is 5.68. The second kappa shape index (κ2) is 7.42. The van der Waals surface area contributed by atoms with Crippen LogP contribution in [-0.4, -0.2) is 19.7 Å². The van der Waals surface area contributed by atoms with Crippen molar-refractivity contribution in [1.29, 1.82) is 0 Å². The lowest BCUT2D eigenvalue weighted by Crippen LogP contribution is -2.14. The Hall–Kier alpha value is -1.02. The SMILES string of the molecule is CCNCCCCOc1ccc(C(C)(C)C)cc1. The summed E-state index contributed by atoms with van der Waals surface area (Å²) in [6.07, 6.45) is 2.28. The highest BCUT2D eigenvalue weighted by Crippen LogP contribution is 2.24. The number of ether oxygens (including phenoxy) is 1. The van der Waals surface area contributed by atoms with Gasteiger partial charge in [0.25, 0.3) is 0 Å². The van der Waals surface area contributed by atoms with E-state index in [0.717, 1.165) is 31.9 Å². The normalized spacial score (nSPS) is 11.6. The van der Waals surface area contributed by atoms with Crippen molar-refractivity contribution in [1.82, 2.24) is 5.32 Å². The standard InChI is InChI=1S/C16H27NO/c1-5-17-12-6-7-13-18-15-10-8-14(9-11-15)16(2,3)4/h8-11,17H,5-7,12-13H2,1-4H3. The van der Waals surface area contributed by atoms with Gasteiger partial charge in [0.1, 0.15) is 5.75 Å². The molecule has 0 spiro atoms. The molecule has 1 aromatic carbocycles. The zero-order chi connectivity index (χ0) is 13.4. The Morgan fingerprint density at radius 2 is 1.72 bits per heavy atom. The third-order valence-corrected chi connectivity index (χ3v) is 2.99. The summed E-state index contributed by atoms with van der Waals surface area (Å²) in [5.41, 5.74) is 1.56. The molecule has 0 atom stereocenters. The van der Waals surface area contributed by atoms with Crippen LogP contribution in [0.15, 0.2) is 24.3 Å². The molecule has 102 valence electrons. The van der Waals surface area contributed by atoms with Crippen molar-refractivity contribution in [3.8, 4) is 5.75 Å². The lowest BCUT2D eigenvalue weighted by Gasteiger charge is -2.19. The van der Waals surface area contributed by atoms with E-state index in [4.69, 9.17) is 4.74 Å². The van der Waals surface area contributed by atoms with Crippen LogP contribution in [0.1, 0.15) is 46.1 Å². The van der Waals surface area contributed by atoms with Crippen LogP contribution in [0.2, 0.25) is 0 Å². The minimum Gasteiger partial charge on any atom is -0.494 e. The first-order chi connectivity index (χ1) is 8.54. The third-order valence-electron chi connectivity index (χ3n) is 2.99. The molecule has 1 rings (SSSR count). The van der Waals surface area contributed by atoms with Crippen molar-refractivity contribution in [3.63, 3.8) is 0 Å². The molecule has 0 amide bonds. The van der Waals surface area contributed by atoms with Gasteiger partial charge < -0.3 is 10.1 Å². The number of nitrogens with one attached hydrogen (secondary N) is 1. The molecule has 0 bridgehead atoms. The lowest BCUT2D eigenvalue weighted by atomic mass is 9.87. The van der Waals surface area contributed by atoms with Gasteiger partial charge in [-0.15, -0.1) is 0 Å². The summed E-state index contributed by atoms with van der Waals surface area (Å²) < 4.78 is 5.73. The molecule has 0 radical (unpaired) electrons. The van der Waals surface area contributed by atoms with E-state index in [0.29, 0.717) is 0 Å². The zero-order valence-corrected chi connectivity index (χ0v) is 12.3. The van der Waals surface area contributed by atoms with Gasteiger partial charge in [-0.1, -0.05) is 39.8 Å². The highest BCUT2D eigenvalue weighted by Gasteiger charge is 2.12. The average Bonchev–Trinajstić information content (AvgIpc) is 2.33. The summed E-state index contributed by atoms with van der Waals surface area (Å²) in [4.78, 5) is 0. The van der Waals surface area contributed by atoms with Gasteiger partial charge >= 0.3 is 0 Å². The smallest absolute Gasteiger partial charge is 0.119 e. The van der Waals surface area contributed by atoms with Gasteiger partial charge in [0.15, 0.2) is 0 Å². The molecule has 1 N–H and O–H groups in total. The van der Waals surface area contributed by atoms with Gasteiger partial charge in [-0.05, 0) is 49.0 Å². The van der Waals surface area contributed by atoms with Crippen LogP contribution in [0, 0.1) is 0 Å². The monoisotopic (exact) mass is 249 g/mol. The van der Waals surface area contributed by atoms with E-state index in [2.05, 4.69) is 57.3 Å². The molecule has 0 aliphatic heterocycles. The van der Waals surface area contributed by atoms with Crippen LogP contribution in [0.5, 0.6) is 5.75 Å². The van der Waals surface area contributed by atoms with Crippen LogP contribution in [0.3, 0.4) is 0 Å². The van der Waals surface area contributed by atoms with E-state index >= 15 is 0 Å². The molecule has 18 heavy (non-hydrogen) atoms. The van der Waals surface area contributed by atoms with Crippen molar-refractivity contribution < 1.29 is 4.74 Å². The highest BCUT2D eigenvalue weighted by atomic mass is 16.5. The number of rotatable bonds is 7. The van der Waals surface area contributed by atoms with Gasteiger partial charge in [-0.25, -0.2) is 0 Å². The lowest BCUT2D eigenvalue weighted by molar-refractivity contribution is 0.306. The maximum absolute atomic E-state index is 5.73. The van der Waals surface area contributed by atoms with E-state index in [1.807, 2.05) is 0 Å². The Bertz CT molecular complexity index is 324. The molecule has 0 heterocycles. The summed E-state index contributed by atoms with van der Waals surface area (Å²) in [5, 5.41) is 3.32. The predicted octanol–water partition coefficient (Wildman–Crippen LogP) is 3.75. The van der Waals surface area contributed by atoms with Crippen molar-refractivity contribution in [2.45, 2.75) is 46.0 Å². The zero-order valence-electron chi connectivity index (χ0n) is 12.3. The summed E-state index contributed by atoms with van der Waals surface area (Å²) in [6, 6.07) is 8.47. The summed E-state index contributed by atoms with van der Waals surface area (Å²) in [5.74, 6) is 0.978. The molecule has 0 saturated carbocycles. The van der Waals surface area contributed by atoms with Crippen LogP contribution in [-0.2, 0) is 5.41 Å². The number of hydrogen-bond acceptors (Lipinski definition) is 2. The Balaban J connectivity index is 2.27. The van der Waals surface area contributed by atoms with Crippen LogP contribution in [0.25, 0.3) is 0 Å². The van der Waals surface area contributed by atoms with Gasteiger partial charge in [-0.2, -0.15) is 0 Å². The molecule has 0 fully saturated rings. The Morgan fingerprint density at radius 3 is 2.28 bits per heavy atom. The molecule has 2 nitrogen and oxygen atoms in total. The minimum atomic E-state index is 0.213. The molecule has 0 aliphatic rings. The summed E-state index contributed by atoms with van der Waals surface area (Å²) in [6.45, 7) is 11.8. The fourth-order valence-electron chi connectivity index (χ4n) is 1.77. The Morgan fingerprint density at radius 1 is 1.06 bits per heavy atom. The molecule has 0 unspecified atom stereocenters. The van der Waals surface area contributed by atoms with Gasteiger partial charge in [-0.3, -0.25) is 0 Å². The second-order valence-corrected chi connectivity index (χ2v) is 5.68. The van der Waals surface area contributed by atoms with E-state index in [9.17, 15) is 0 Å². The summed E-state index contributed by atoms with van der Waals surface area (Å²) in [7, 11) is 0. The molecule has 0 aliphatic carbocycles. The van der Waals surface area contributed by atoms with E-state index in [-0.39, 0.29) is 5.41 Å². The van der Waals surface area contributed by atoms with E-state index in [1.165, 1.54) is 12.0 Å². The third kappa shape index (κ3) is 5.54. The average molecular weight is 249 g/mol. The predicted molar refractivity (Wildman–Crippen MR) is 78.4 cm³/mol. The first-order valence-corrected chi connectivity index (χ1v) is 6.98. The largest absolute Gasteiger partial charge is 0.494 e. The number of benzene rings is 1. The van der Waals surface area contributed by atoms with Crippen LogP contribution in [0.4, 0.5) is 0 Å². The van der Waals surface area contributed by atoms with Crippen LogP contribution < -0.4 is 10.1 Å². The fraction of sp³-hybridized carbons (Fsp3) is 0.625. The van der Waals surface area contributed by atoms with Gasteiger partial charge in [0.2, 0.25) is 0 Å². The molecule has 0 aromatic heterocycles. The number of unbranched alkanes of at least 4 members (excludes halogenated alkanes) is 1. The first-order valence-electron chi connectivity index (χ1n) is 6.98. The van der Waals surface area contributed by atoms with Gasteiger partial charge in [0.05, 0.1) is 6.61 Å². The molecule has 0 saturated heterocycles. The quantitative estimate of drug-likeness (QED) is 0.743. The van der Waals surface area contributed by atoms with Crippen molar-refractivity contribution in [2.24, 2.45) is 0 Å². The topological polar surface area (TPSA) is 21.3 Å². The maximum Gasteiger partial charge on any atom is 0.119 e. The van der Waals surface area contributed by atoms with Crippen molar-refractivity contribution in [3.05, 3.63) is 29.8 Å². The Kier molecular flexibility index (Phi) is 6.20. The summed E-state index contributed by atoms with van der Waals surface area (Å²) >= 11 is 0.